The van der Waals surface area contributed by atoms with E-state index in [1.165, 1.54) is 0 Å². The number of benzene rings is 7. The first-order valence-electron chi connectivity index (χ1n) is 15.8. The predicted octanol–water partition coefficient (Wildman–Crippen LogP) is 9.70. The summed E-state index contributed by atoms with van der Waals surface area (Å²) < 4.78 is 37.0. The Balaban J connectivity index is 1.60. The molecule has 0 aliphatic rings. The van der Waals surface area contributed by atoms with Gasteiger partial charge in [0.05, 0.1) is 0 Å². The number of hydrogen-bond acceptors (Lipinski definition) is 4. The van der Waals surface area contributed by atoms with Gasteiger partial charge in [-0.05, 0) is 12.1 Å². The highest BCUT2D eigenvalue weighted by molar-refractivity contribution is 7.88. The van der Waals surface area contributed by atoms with Crippen molar-refractivity contribution in [1.82, 2.24) is 0 Å². The van der Waals surface area contributed by atoms with Gasteiger partial charge in [-0.2, -0.15) is 0 Å². The monoisotopic (exact) mass is 690 g/mol. The van der Waals surface area contributed by atoms with E-state index in [2.05, 4.69) is 48.5 Å². The third-order valence-corrected chi connectivity index (χ3v) is 18.1. The molecule has 9 rings (SSSR count). The van der Waals surface area contributed by atoms with E-state index in [0.29, 0.717) is 0 Å². The van der Waals surface area contributed by atoms with Crippen molar-refractivity contribution in [2.75, 3.05) is 0 Å². The zero-order chi connectivity index (χ0) is 32.3. The Hall–Kier alpha value is -4.56. The molecule has 6 heteroatoms. The van der Waals surface area contributed by atoms with Crippen LogP contribution in [0.1, 0.15) is 0 Å². The van der Waals surface area contributed by atoms with Gasteiger partial charge in [-0.15, -0.1) is 22.7 Å². The number of thiophene rings is 2. The van der Waals surface area contributed by atoms with Crippen molar-refractivity contribution < 1.29 is 9.13 Å². The first-order valence-corrected chi connectivity index (χ1v) is 20.9. The lowest BCUT2D eigenvalue weighted by atomic mass is 10.1. The van der Waals surface area contributed by atoms with Gasteiger partial charge in [0.2, 0.25) is 0 Å². The van der Waals surface area contributed by atoms with Crippen molar-refractivity contribution in [2.24, 2.45) is 0 Å². The predicted molar refractivity (Wildman–Crippen MR) is 211 cm³/mol. The highest BCUT2D eigenvalue weighted by Crippen LogP contribution is 2.56. The fourth-order valence-electron chi connectivity index (χ4n) is 7.09. The molecule has 2 aromatic heterocycles. The standard InChI is InChI=1S/C42H28O2P2S2/c43-45(29-17-5-1-6-18-29,30-19-7-2-8-20-30)39-37-33-25-13-15-27-35(33)48-42(37)40(38-34-26-14-16-28-36(34)47-41(38)39)46(44,31-21-9-3-10-22-31)32-23-11-4-12-24-32/h1-28H. The van der Waals surface area contributed by atoms with Gasteiger partial charge < -0.3 is 9.13 Å². The molecule has 0 aliphatic carbocycles. The molecular formula is C42H28O2P2S2. The van der Waals surface area contributed by atoms with Crippen LogP contribution < -0.4 is 31.8 Å². The third kappa shape index (κ3) is 4.31. The SMILES string of the molecule is O=P(c1ccccc1)(c1ccccc1)c1c2sc3ccccc3c2c(P(=O)(c2ccccc2)c2ccccc2)c2sc3ccccc3c12. The van der Waals surface area contributed by atoms with Gasteiger partial charge in [-0.25, -0.2) is 0 Å². The number of fused-ring (bicyclic) bond motifs is 6. The lowest BCUT2D eigenvalue weighted by Gasteiger charge is -2.26. The smallest absolute Gasteiger partial charge is 0.173 e. The molecule has 0 fully saturated rings. The van der Waals surface area contributed by atoms with Crippen molar-refractivity contribution in [2.45, 2.75) is 0 Å². The van der Waals surface area contributed by atoms with Crippen molar-refractivity contribution >= 4 is 109 Å². The van der Waals surface area contributed by atoms with Crippen LogP contribution in [0.4, 0.5) is 0 Å². The molecule has 0 spiro atoms. The topological polar surface area (TPSA) is 34.1 Å². The van der Waals surface area contributed by atoms with Gasteiger partial charge in [0.25, 0.3) is 0 Å². The third-order valence-electron chi connectivity index (χ3n) is 9.20. The summed E-state index contributed by atoms with van der Waals surface area (Å²) in [4.78, 5) is 0. The van der Waals surface area contributed by atoms with Crippen molar-refractivity contribution in [3.8, 4) is 0 Å². The molecule has 0 N–H and O–H groups in total. The summed E-state index contributed by atoms with van der Waals surface area (Å²) in [5.74, 6) is 0. The Morgan fingerprint density at radius 2 is 0.604 bits per heavy atom. The molecule has 0 atom stereocenters. The number of rotatable bonds is 6. The lowest BCUT2D eigenvalue weighted by molar-refractivity contribution is 0.592. The first kappa shape index (κ1) is 29.6. The highest BCUT2D eigenvalue weighted by atomic mass is 32.1. The first-order chi connectivity index (χ1) is 23.6. The van der Waals surface area contributed by atoms with E-state index in [9.17, 15) is 0 Å². The molecule has 0 unspecified atom stereocenters. The molecule has 0 aliphatic heterocycles. The minimum absolute atomic E-state index is 0.786. The van der Waals surface area contributed by atoms with Crippen LogP contribution in [0.5, 0.6) is 0 Å². The summed E-state index contributed by atoms with van der Waals surface area (Å²) in [5.41, 5.74) is 0. The van der Waals surface area contributed by atoms with Crippen LogP contribution in [0.25, 0.3) is 40.3 Å². The van der Waals surface area contributed by atoms with E-state index in [1.807, 2.05) is 121 Å². The van der Waals surface area contributed by atoms with Gasteiger partial charge in [0, 0.05) is 72.2 Å². The van der Waals surface area contributed by atoms with Gasteiger partial charge >= 0.3 is 0 Å². The fraction of sp³-hybridized carbons (Fsp3) is 0. The van der Waals surface area contributed by atoms with E-state index >= 15 is 9.13 Å². The van der Waals surface area contributed by atoms with Gasteiger partial charge in [-0.3, -0.25) is 0 Å². The summed E-state index contributed by atoms with van der Waals surface area (Å²) in [6, 6.07) is 56.4. The second kappa shape index (κ2) is 11.5. The van der Waals surface area contributed by atoms with Crippen LogP contribution in [0, 0.1) is 0 Å². The van der Waals surface area contributed by atoms with Crippen LogP contribution in [0.15, 0.2) is 170 Å². The molecule has 230 valence electrons. The molecule has 0 saturated heterocycles. The average molecular weight is 691 g/mol. The molecule has 0 saturated carbocycles. The van der Waals surface area contributed by atoms with Crippen LogP contribution in [-0.2, 0) is 9.13 Å². The molecule has 0 amide bonds. The maximum Gasteiger partial charge on any atom is 0.173 e. The van der Waals surface area contributed by atoms with Crippen molar-refractivity contribution in [1.29, 1.82) is 0 Å². The molecule has 9 aromatic rings. The number of hydrogen-bond donors (Lipinski definition) is 0. The van der Waals surface area contributed by atoms with E-state index < -0.39 is 14.3 Å². The van der Waals surface area contributed by atoms with Gasteiger partial charge in [0.15, 0.2) is 14.3 Å². The molecule has 48 heavy (non-hydrogen) atoms. The quantitative estimate of drug-likeness (QED) is 0.163. The van der Waals surface area contributed by atoms with E-state index in [4.69, 9.17) is 0 Å². The maximum absolute atomic E-state index is 16.5. The molecule has 7 aromatic carbocycles. The van der Waals surface area contributed by atoms with Gasteiger partial charge in [-0.1, -0.05) is 158 Å². The maximum atomic E-state index is 16.5. The second-order valence-electron chi connectivity index (χ2n) is 11.9. The van der Waals surface area contributed by atoms with Crippen molar-refractivity contribution in [3.05, 3.63) is 170 Å². The summed E-state index contributed by atoms with van der Waals surface area (Å²) >= 11 is 3.33. The fourth-order valence-corrected chi connectivity index (χ4v) is 16.5. The van der Waals surface area contributed by atoms with Crippen LogP contribution >= 0.6 is 37.0 Å². The van der Waals surface area contributed by atoms with Crippen LogP contribution in [-0.4, -0.2) is 0 Å². The van der Waals surface area contributed by atoms with Gasteiger partial charge in [0.1, 0.15) is 0 Å². The molecule has 0 radical (unpaired) electrons. The molecule has 0 bridgehead atoms. The normalized spacial score (nSPS) is 12.3. The summed E-state index contributed by atoms with van der Waals surface area (Å²) in [6.45, 7) is 0. The largest absolute Gasteiger partial charge is 0.309 e. The molecular weight excluding hydrogens is 663 g/mol. The summed E-state index contributed by atoms with van der Waals surface area (Å²) in [5, 5.41) is 8.76. The second-order valence-corrected chi connectivity index (χ2v) is 19.4. The Kier molecular flexibility index (Phi) is 7.11. The van der Waals surface area contributed by atoms with Crippen LogP contribution in [0.3, 0.4) is 0 Å². The minimum Gasteiger partial charge on any atom is -0.309 e. The highest BCUT2D eigenvalue weighted by Gasteiger charge is 2.41. The Bertz CT molecular complexity index is 2440. The zero-order valence-corrected chi connectivity index (χ0v) is 29.1. The Morgan fingerprint density at radius 1 is 0.333 bits per heavy atom. The summed E-state index contributed by atoms with van der Waals surface area (Å²) in [6.07, 6.45) is 0. The lowest BCUT2D eigenvalue weighted by Crippen LogP contribution is -2.30. The van der Waals surface area contributed by atoms with E-state index in [1.54, 1.807) is 22.7 Å². The molecule has 2 heterocycles. The van der Waals surface area contributed by atoms with E-state index in [0.717, 1.165) is 72.2 Å². The van der Waals surface area contributed by atoms with Crippen LogP contribution in [0.2, 0.25) is 0 Å². The summed E-state index contributed by atoms with van der Waals surface area (Å²) in [7, 11) is -6.97. The Labute approximate surface area is 286 Å². The van der Waals surface area contributed by atoms with Crippen molar-refractivity contribution in [3.63, 3.8) is 0 Å². The van der Waals surface area contributed by atoms with E-state index in [-0.39, 0.29) is 0 Å². The zero-order valence-electron chi connectivity index (χ0n) is 25.7. The Morgan fingerprint density at radius 3 is 0.917 bits per heavy atom. The minimum atomic E-state index is -3.48. The average Bonchev–Trinajstić information content (AvgIpc) is 3.73. The molecule has 2 nitrogen and oxygen atoms in total.